The van der Waals surface area contributed by atoms with Crippen molar-refractivity contribution in [3.05, 3.63) is 0 Å². The van der Waals surface area contributed by atoms with E-state index in [2.05, 4.69) is 12.2 Å². The number of aliphatic carboxylic acids is 2. The molecule has 14 heavy (non-hydrogen) atoms. The van der Waals surface area contributed by atoms with E-state index in [0.29, 0.717) is 6.10 Å². The van der Waals surface area contributed by atoms with Crippen LogP contribution in [0.1, 0.15) is 13.3 Å². The molecule has 0 aromatic heterocycles. The van der Waals surface area contributed by atoms with Crippen LogP contribution in [0, 0.1) is 0 Å². The summed E-state index contributed by atoms with van der Waals surface area (Å²) in [6.07, 6.45) is 1.61. The van der Waals surface area contributed by atoms with Crippen LogP contribution in [0.3, 0.4) is 0 Å². The number of hydrogen-bond acceptors (Lipinski definition) is 4. The molecule has 6 heteroatoms. The lowest BCUT2D eigenvalue weighted by Crippen LogP contribution is -2.37. The second kappa shape index (κ2) is 7.28. The summed E-state index contributed by atoms with van der Waals surface area (Å²) >= 11 is 0. The zero-order valence-electron chi connectivity index (χ0n) is 8.02. The number of carbonyl (C=O) groups is 2. The predicted molar refractivity (Wildman–Crippen MR) is 48.2 cm³/mol. The maximum atomic E-state index is 9.10. The second-order valence-electron chi connectivity index (χ2n) is 2.72. The average Bonchev–Trinajstić information content (AvgIpc) is 2.20. The number of morpholine rings is 1. The van der Waals surface area contributed by atoms with Crippen LogP contribution >= 0.6 is 0 Å². The van der Waals surface area contributed by atoms with Crippen LogP contribution in [0.2, 0.25) is 0 Å². The first kappa shape index (κ1) is 12.9. The Morgan fingerprint density at radius 2 is 2.00 bits per heavy atom. The maximum absolute atomic E-state index is 9.10. The summed E-state index contributed by atoms with van der Waals surface area (Å²) in [6, 6.07) is 0. The van der Waals surface area contributed by atoms with Gasteiger partial charge in [0.05, 0.1) is 12.7 Å². The average molecular weight is 205 g/mol. The van der Waals surface area contributed by atoms with E-state index in [4.69, 9.17) is 24.5 Å². The third-order valence-corrected chi connectivity index (χ3v) is 1.64. The topological polar surface area (TPSA) is 95.9 Å². The number of rotatable bonds is 1. The van der Waals surface area contributed by atoms with Gasteiger partial charge in [-0.2, -0.15) is 0 Å². The van der Waals surface area contributed by atoms with Gasteiger partial charge in [-0.05, 0) is 6.42 Å². The number of carboxylic acid groups (broad SMARTS) is 2. The van der Waals surface area contributed by atoms with E-state index in [0.717, 1.165) is 26.1 Å². The SMILES string of the molecule is CC[C@H]1CNCCO1.O=C(O)C(=O)O. The molecule has 0 radical (unpaired) electrons. The van der Waals surface area contributed by atoms with Crippen LogP contribution < -0.4 is 5.32 Å². The van der Waals surface area contributed by atoms with Crippen molar-refractivity contribution in [2.24, 2.45) is 0 Å². The fourth-order valence-corrected chi connectivity index (χ4v) is 0.882. The van der Waals surface area contributed by atoms with E-state index < -0.39 is 11.9 Å². The van der Waals surface area contributed by atoms with Crippen LogP contribution in [0.4, 0.5) is 0 Å². The summed E-state index contributed by atoms with van der Waals surface area (Å²) in [5.74, 6) is -3.65. The number of hydrogen-bond donors (Lipinski definition) is 3. The molecule has 1 saturated heterocycles. The number of nitrogens with one attached hydrogen (secondary N) is 1. The molecule has 6 nitrogen and oxygen atoms in total. The van der Waals surface area contributed by atoms with Gasteiger partial charge in [-0.1, -0.05) is 6.92 Å². The Labute approximate surface area is 81.9 Å². The second-order valence-corrected chi connectivity index (χ2v) is 2.72. The predicted octanol–water partition coefficient (Wildman–Crippen LogP) is -0.460. The van der Waals surface area contributed by atoms with Gasteiger partial charge in [-0.25, -0.2) is 9.59 Å². The van der Waals surface area contributed by atoms with Crippen molar-refractivity contribution in [2.45, 2.75) is 19.4 Å². The monoisotopic (exact) mass is 205 g/mol. The summed E-state index contributed by atoms with van der Waals surface area (Å²) in [6.45, 7) is 5.10. The highest BCUT2D eigenvalue weighted by atomic mass is 16.5. The van der Waals surface area contributed by atoms with Gasteiger partial charge in [0.2, 0.25) is 0 Å². The first-order valence-electron chi connectivity index (χ1n) is 4.36. The highest BCUT2D eigenvalue weighted by Crippen LogP contribution is 1.98. The lowest BCUT2D eigenvalue weighted by atomic mass is 10.2. The van der Waals surface area contributed by atoms with Crippen molar-refractivity contribution < 1.29 is 24.5 Å². The van der Waals surface area contributed by atoms with Crippen molar-refractivity contribution in [1.29, 1.82) is 0 Å². The van der Waals surface area contributed by atoms with E-state index in [9.17, 15) is 0 Å². The van der Waals surface area contributed by atoms with Crippen molar-refractivity contribution in [3.63, 3.8) is 0 Å². The Bertz CT molecular complexity index is 176. The number of carboxylic acids is 2. The van der Waals surface area contributed by atoms with Crippen molar-refractivity contribution >= 4 is 11.9 Å². The quantitative estimate of drug-likeness (QED) is 0.501. The normalized spacial score (nSPS) is 20.5. The van der Waals surface area contributed by atoms with E-state index in [-0.39, 0.29) is 0 Å². The Kier molecular flexibility index (Phi) is 6.69. The van der Waals surface area contributed by atoms with E-state index in [1.165, 1.54) is 0 Å². The lowest BCUT2D eigenvalue weighted by molar-refractivity contribution is -0.159. The Morgan fingerprint density at radius 1 is 1.43 bits per heavy atom. The molecular formula is C8H15NO5. The minimum atomic E-state index is -1.82. The summed E-state index contributed by atoms with van der Waals surface area (Å²) < 4.78 is 5.36. The van der Waals surface area contributed by atoms with Crippen LogP contribution in [0.25, 0.3) is 0 Å². The molecule has 3 N–H and O–H groups in total. The fourth-order valence-electron chi connectivity index (χ4n) is 0.882. The summed E-state index contributed by atoms with van der Waals surface area (Å²) in [7, 11) is 0. The minimum Gasteiger partial charge on any atom is -0.473 e. The Morgan fingerprint density at radius 3 is 2.21 bits per heavy atom. The van der Waals surface area contributed by atoms with Crippen LogP contribution in [0.5, 0.6) is 0 Å². The van der Waals surface area contributed by atoms with Crippen molar-refractivity contribution in [3.8, 4) is 0 Å². The maximum Gasteiger partial charge on any atom is 0.414 e. The molecule has 0 unspecified atom stereocenters. The van der Waals surface area contributed by atoms with Gasteiger partial charge in [0.15, 0.2) is 0 Å². The van der Waals surface area contributed by atoms with Gasteiger partial charge in [0.1, 0.15) is 0 Å². The van der Waals surface area contributed by atoms with E-state index in [1.54, 1.807) is 0 Å². The molecule has 1 rings (SSSR count). The zero-order chi connectivity index (χ0) is 11.0. The van der Waals surface area contributed by atoms with Gasteiger partial charge in [0, 0.05) is 13.1 Å². The molecule has 0 bridgehead atoms. The molecule has 0 saturated carbocycles. The smallest absolute Gasteiger partial charge is 0.414 e. The van der Waals surface area contributed by atoms with Gasteiger partial charge in [-0.3, -0.25) is 0 Å². The standard InChI is InChI=1S/C6H13NO.C2H2O4/c1-2-6-5-7-3-4-8-6;3-1(4)2(5)6/h6-7H,2-5H2,1H3;(H,3,4)(H,5,6)/t6-;/m0./s1. The highest BCUT2D eigenvalue weighted by Gasteiger charge is 2.08. The molecule has 0 amide bonds. The summed E-state index contributed by atoms with van der Waals surface area (Å²) in [5.41, 5.74) is 0. The molecule has 1 fully saturated rings. The van der Waals surface area contributed by atoms with Gasteiger partial charge >= 0.3 is 11.9 Å². The van der Waals surface area contributed by atoms with Crippen molar-refractivity contribution in [2.75, 3.05) is 19.7 Å². The molecule has 1 aliphatic rings. The molecule has 0 aromatic rings. The molecule has 0 spiro atoms. The van der Waals surface area contributed by atoms with Crippen LogP contribution in [-0.4, -0.2) is 48.0 Å². The highest BCUT2D eigenvalue weighted by molar-refractivity contribution is 6.27. The molecular weight excluding hydrogens is 190 g/mol. The van der Waals surface area contributed by atoms with E-state index >= 15 is 0 Å². The van der Waals surface area contributed by atoms with Crippen LogP contribution in [0.15, 0.2) is 0 Å². The molecule has 82 valence electrons. The Balaban J connectivity index is 0.000000255. The van der Waals surface area contributed by atoms with Crippen LogP contribution in [-0.2, 0) is 14.3 Å². The largest absolute Gasteiger partial charge is 0.473 e. The molecule has 0 aliphatic carbocycles. The molecule has 1 atom stereocenters. The zero-order valence-corrected chi connectivity index (χ0v) is 8.02. The molecule has 1 aliphatic heterocycles. The lowest BCUT2D eigenvalue weighted by Gasteiger charge is -2.21. The van der Waals surface area contributed by atoms with Gasteiger partial charge in [-0.15, -0.1) is 0 Å². The summed E-state index contributed by atoms with van der Waals surface area (Å²) in [4.78, 5) is 18.2. The minimum absolute atomic E-state index is 0.476. The number of ether oxygens (including phenoxy) is 1. The van der Waals surface area contributed by atoms with Gasteiger partial charge < -0.3 is 20.3 Å². The fraction of sp³-hybridized carbons (Fsp3) is 0.750. The Hall–Kier alpha value is -1.14. The first-order valence-corrected chi connectivity index (χ1v) is 4.36. The van der Waals surface area contributed by atoms with Crippen molar-refractivity contribution in [1.82, 2.24) is 5.32 Å². The molecule has 0 aromatic carbocycles. The van der Waals surface area contributed by atoms with Gasteiger partial charge in [0.25, 0.3) is 0 Å². The molecule has 1 heterocycles. The third-order valence-electron chi connectivity index (χ3n) is 1.64. The first-order chi connectivity index (χ1) is 6.57. The summed E-state index contributed by atoms with van der Waals surface area (Å²) in [5, 5.41) is 18.0. The third kappa shape index (κ3) is 6.38. The van der Waals surface area contributed by atoms with E-state index in [1.807, 2.05) is 0 Å².